The van der Waals surface area contributed by atoms with E-state index in [2.05, 4.69) is 15.5 Å². The molecule has 2 heterocycles. The highest BCUT2D eigenvalue weighted by atomic mass is 32.2. The average molecular weight is 487 g/mol. The Morgan fingerprint density at radius 1 is 0.970 bits per heavy atom. The largest absolute Gasteiger partial charge is 0.339 e. The fourth-order valence-electron chi connectivity index (χ4n) is 3.54. The Bertz CT molecular complexity index is 1250. The Morgan fingerprint density at radius 2 is 1.67 bits per heavy atom. The fraction of sp³-hybridized carbons (Fsp3) is 0.364. The zero-order valence-electron chi connectivity index (χ0n) is 18.8. The zero-order chi connectivity index (χ0) is 23.6. The summed E-state index contributed by atoms with van der Waals surface area (Å²) in [5, 5.41) is 12.3. The minimum absolute atomic E-state index is 0.0679. The van der Waals surface area contributed by atoms with E-state index < -0.39 is 10.0 Å². The molecule has 33 heavy (non-hydrogen) atoms. The van der Waals surface area contributed by atoms with Crippen LogP contribution in [0.2, 0.25) is 0 Å². The van der Waals surface area contributed by atoms with Crippen molar-refractivity contribution >= 4 is 27.7 Å². The number of benzene rings is 2. The highest BCUT2D eigenvalue weighted by molar-refractivity contribution is 7.99. The van der Waals surface area contributed by atoms with E-state index in [0.717, 1.165) is 22.4 Å². The number of tetrazole rings is 1. The molecule has 0 spiro atoms. The number of piperazine rings is 1. The maximum atomic E-state index is 13.0. The summed E-state index contributed by atoms with van der Waals surface area (Å²) in [5.74, 6) is 0.109. The van der Waals surface area contributed by atoms with E-state index in [-0.39, 0.29) is 24.7 Å². The summed E-state index contributed by atoms with van der Waals surface area (Å²) in [6.45, 7) is 7.11. The van der Waals surface area contributed by atoms with Gasteiger partial charge in [0, 0.05) is 26.2 Å². The lowest BCUT2D eigenvalue weighted by molar-refractivity contribution is -0.129. The molecule has 9 nitrogen and oxygen atoms in total. The topological polar surface area (TPSA) is 101 Å². The third-order valence-corrected chi connectivity index (χ3v) is 8.55. The van der Waals surface area contributed by atoms with Crippen LogP contribution in [0.4, 0.5) is 0 Å². The molecule has 0 bridgehead atoms. The first-order chi connectivity index (χ1) is 15.8. The lowest BCUT2D eigenvalue weighted by Gasteiger charge is -2.34. The van der Waals surface area contributed by atoms with Crippen LogP contribution < -0.4 is 0 Å². The smallest absolute Gasteiger partial charge is 0.243 e. The highest BCUT2D eigenvalue weighted by Gasteiger charge is 2.30. The van der Waals surface area contributed by atoms with E-state index in [9.17, 15) is 13.2 Å². The van der Waals surface area contributed by atoms with E-state index in [1.165, 1.54) is 16.1 Å². The highest BCUT2D eigenvalue weighted by Crippen LogP contribution is 2.22. The number of hydrogen-bond donors (Lipinski definition) is 0. The third-order valence-electron chi connectivity index (χ3n) is 5.75. The lowest BCUT2D eigenvalue weighted by Crippen LogP contribution is -2.51. The molecule has 1 saturated heterocycles. The van der Waals surface area contributed by atoms with Gasteiger partial charge >= 0.3 is 0 Å². The molecule has 1 aromatic heterocycles. The molecule has 0 aliphatic carbocycles. The second-order valence-corrected chi connectivity index (χ2v) is 10.9. The van der Waals surface area contributed by atoms with Crippen molar-refractivity contribution in [2.24, 2.45) is 0 Å². The molecule has 0 unspecified atom stereocenters. The SMILES string of the molecule is Cc1ccc(-n2nnnc2SCC(=O)N2CCN(S(=O)(=O)c3ccc(C)c(C)c3)CC2)cc1. The van der Waals surface area contributed by atoms with Gasteiger partial charge in [-0.25, -0.2) is 8.42 Å². The molecule has 1 fully saturated rings. The first-order valence-electron chi connectivity index (χ1n) is 10.6. The molecule has 2 aromatic carbocycles. The molecule has 1 aliphatic heterocycles. The standard InChI is InChI=1S/C22H26N6O3S2/c1-16-4-7-19(8-5-16)28-22(23-24-25-28)32-15-21(29)26-10-12-27(13-11-26)33(30,31)20-9-6-17(2)18(3)14-20/h4-9,14H,10-13,15H2,1-3H3. The summed E-state index contributed by atoms with van der Waals surface area (Å²) in [6, 6.07) is 13.0. The minimum atomic E-state index is -3.58. The van der Waals surface area contributed by atoms with Crippen LogP contribution >= 0.6 is 11.8 Å². The van der Waals surface area contributed by atoms with Crippen LogP contribution in [0.25, 0.3) is 5.69 Å². The maximum Gasteiger partial charge on any atom is 0.243 e. The Hall–Kier alpha value is -2.76. The number of thioether (sulfide) groups is 1. The van der Waals surface area contributed by atoms with Gasteiger partial charge in [0.15, 0.2) is 0 Å². The van der Waals surface area contributed by atoms with E-state index in [1.54, 1.807) is 21.7 Å². The molecular weight excluding hydrogens is 460 g/mol. The Morgan fingerprint density at radius 3 is 2.33 bits per heavy atom. The van der Waals surface area contributed by atoms with Crippen LogP contribution in [0, 0.1) is 20.8 Å². The number of aromatic nitrogens is 4. The molecule has 3 aromatic rings. The Kier molecular flexibility index (Phi) is 6.82. The van der Waals surface area contributed by atoms with Gasteiger partial charge in [0.25, 0.3) is 0 Å². The van der Waals surface area contributed by atoms with Gasteiger partial charge in [-0.05, 0) is 66.6 Å². The molecule has 1 amide bonds. The van der Waals surface area contributed by atoms with E-state index in [0.29, 0.717) is 23.1 Å². The Labute approximate surface area is 197 Å². The van der Waals surface area contributed by atoms with Crippen molar-refractivity contribution in [2.45, 2.75) is 30.8 Å². The van der Waals surface area contributed by atoms with Gasteiger partial charge in [-0.15, -0.1) is 5.10 Å². The second kappa shape index (κ2) is 9.62. The predicted molar refractivity (Wildman–Crippen MR) is 126 cm³/mol. The van der Waals surface area contributed by atoms with Crippen LogP contribution in [0.1, 0.15) is 16.7 Å². The quantitative estimate of drug-likeness (QED) is 0.492. The molecule has 1 aliphatic rings. The molecule has 0 N–H and O–H groups in total. The van der Waals surface area contributed by atoms with Crippen LogP contribution in [-0.4, -0.2) is 75.7 Å². The molecule has 0 saturated carbocycles. The normalized spacial score (nSPS) is 15.1. The second-order valence-electron chi connectivity index (χ2n) is 8.03. The third kappa shape index (κ3) is 5.10. The predicted octanol–water partition coefficient (Wildman–Crippen LogP) is 2.21. The summed E-state index contributed by atoms with van der Waals surface area (Å²) < 4.78 is 29.0. The number of carbonyl (C=O) groups excluding carboxylic acids is 1. The summed E-state index contributed by atoms with van der Waals surface area (Å²) in [5.41, 5.74) is 3.95. The van der Waals surface area contributed by atoms with Gasteiger partial charge in [0.1, 0.15) is 0 Å². The Balaban J connectivity index is 1.34. The summed E-state index contributed by atoms with van der Waals surface area (Å²) >= 11 is 1.26. The van der Waals surface area contributed by atoms with Gasteiger partial charge in [-0.3, -0.25) is 4.79 Å². The van der Waals surface area contributed by atoms with Gasteiger partial charge in [-0.2, -0.15) is 8.99 Å². The van der Waals surface area contributed by atoms with E-state index >= 15 is 0 Å². The van der Waals surface area contributed by atoms with Crippen LogP contribution in [0.5, 0.6) is 0 Å². The van der Waals surface area contributed by atoms with Crippen LogP contribution in [0.15, 0.2) is 52.5 Å². The van der Waals surface area contributed by atoms with Crippen molar-refractivity contribution in [1.82, 2.24) is 29.4 Å². The lowest BCUT2D eigenvalue weighted by atomic mass is 10.1. The van der Waals surface area contributed by atoms with Crippen molar-refractivity contribution in [3.8, 4) is 5.69 Å². The number of nitrogens with zero attached hydrogens (tertiary/aromatic N) is 6. The minimum Gasteiger partial charge on any atom is -0.339 e. The number of aryl methyl sites for hydroxylation is 3. The molecule has 4 rings (SSSR count). The number of hydrogen-bond acceptors (Lipinski definition) is 7. The number of amides is 1. The van der Waals surface area contributed by atoms with Crippen molar-refractivity contribution in [1.29, 1.82) is 0 Å². The monoisotopic (exact) mass is 486 g/mol. The maximum absolute atomic E-state index is 13.0. The molecule has 174 valence electrons. The summed E-state index contributed by atoms with van der Waals surface area (Å²) in [4.78, 5) is 14.7. The molecular formula is C22H26N6O3S2. The molecule has 0 radical (unpaired) electrons. The van der Waals surface area contributed by atoms with Crippen LogP contribution in [0.3, 0.4) is 0 Å². The first kappa shape index (κ1) is 23.4. The van der Waals surface area contributed by atoms with E-state index in [4.69, 9.17) is 0 Å². The van der Waals surface area contributed by atoms with Crippen molar-refractivity contribution in [3.63, 3.8) is 0 Å². The van der Waals surface area contributed by atoms with Crippen molar-refractivity contribution < 1.29 is 13.2 Å². The summed E-state index contributed by atoms with van der Waals surface area (Å²) in [7, 11) is -3.58. The molecule has 0 atom stereocenters. The van der Waals surface area contributed by atoms with E-state index in [1.807, 2.05) is 51.1 Å². The fourth-order valence-corrected chi connectivity index (χ4v) is 5.84. The van der Waals surface area contributed by atoms with Gasteiger partial charge in [0.2, 0.25) is 21.1 Å². The first-order valence-corrected chi connectivity index (χ1v) is 13.0. The number of carbonyl (C=O) groups is 1. The number of sulfonamides is 1. The number of rotatable bonds is 6. The molecule has 11 heteroatoms. The summed E-state index contributed by atoms with van der Waals surface area (Å²) in [6.07, 6.45) is 0. The average Bonchev–Trinajstić information content (AvgIpc) is 3.28. The van der Waals surface area contributed by atoms with Crippen molar-refractivity contribution in [2.75, 3.05) is 31.9 Å². The van der Waals surface area contributed by atoms with Crippen molar-refractivity contribution in [3.05, 3.63) is 59.2 Å². The van der Waals surface area contributed by atoms with Crippen LogP contribution in [-0.2, 0) is 14.8 Å². The zero-order valence-corrected chi connectivity index (χ0v) is 20.4. The van der Waals surface area contributed by atoms with Gasteiger partial charge in [0.05, 0.1) is 16.3 Å². The van der Waals surface area contributed by atoms with Gasteiger partial charge in [-0.1, -0.05) is 35.5 Å². The van der Waals surface area contributed by atoms with Gasteiger partial charge < -0.3 is 4.90 Å².